The molecule has 2 aromatic carbocycles. The number of fused-ring (bicyclic) bond motifs is 2. The van der Waals surface area contributed by atoms with Gasteiger partial charge in [-0.2, -0.15) is 0 Å². The summed E-state index contributed by atoms with van der Waals surface area (Å²) in [6.45, 7) is 7.71. The molecule has 3 aliphatic rings. The maximum Gasteiger partial charge on any atom is 0.307 e. The van der Waals surface area contributed by atoms with E-state index in [1.54, 1.807) is 11.3 Å². The van der Waals surface area contributed by atoms with E-state index in [2.05, 4.69) is 23.3 Å². The highest BCUT2D eigenvalue weighted by Gasteiger charge is 2.46. The second-order valence-electron chi connectivity index (χ2n) is 11.3. The number of ether oxygens (including phenoxy) is 1. The number of carbonyl (C=O) groups is 2. The molecule has 0 radical (unpaired) electrons. The Morgan fingerprint density at radius 2 is 1.79 bits per heavy atom. The maximum absolute atomic E-state index is 12.8. The first-order chi connectivity index (χ1) is 18.9. The van der Waals surface area contributed by atoms with Crippen LogP contribution in [0.25, 0.3) is 11.3 Å². The van der Waals surface area contributed by atoms with Gasteiger partial charge in [0, 0.05) is 42.7 Å². The molecule has 2 saturated heterocycles. The first-order valence-electron chi connectivity index (χ1n) is 13.9. The second kappa shape index (κ2) is 10.6. The van der Waals surface area contributed by atoms with Crippen LogP contribution in [-0.4, -0.2) is 53.0 Å². The van der Waals surface area contributed by atoms with Crippen molar-refractivity contribution in [3.05, 3.63) is 64.0 Å². The lowest BCUT2D eigenvalue weighted by Gasteiger charge is -2.35. The predicted octanol–water partition coefficient (Wildman–Crippen LogP) is 5.79. The van der Waals surface area contributed by atoms with Crippen LogP contribution >= 0.6 is 11.3 Å². The predicted molar refractivity (Wildman–Crippen MR) is 152 cm³/mol. The molecular weight excluding hydrogens is 510 g/mol. The molecular formula is C31H35N3O4S. The van der Waals surface area contributed by atoms with Gasteiger partial charge >= 0.3 is 5.97 Å². The molecule has 39 heavy (non-hydrogen) atoms. The smallest absolute Gasteiger partial charge is 0.307 e. The second-order valence-corrected chi connectivity index (χ2v) is 12.1. The van der Waals surface area contributed by atoms with Gasteiger partial charge in [-0.3, -0.25) is 9.59 Å². The molecule has 7 nitrogen and oxygen atoms in total. The Morgan fingerprint density at radius 1 is 1.05 bits per heavy atom. The van der Waals surface area contributed by atoms with Crippen molar-refractivity contribution in [1.29, 1.82) is 0 Å². The van der Waals surface area contributed by atoms with Crippen LogP contribution in [0, 0.1) is 31.6 Å². The summed E-state index contributed by atoms with van der Waals surface area (Å²) in [5.74, 6) is 0.431. The highest BCUT2D eigenvalue weighted by molar-refractivity contribution is 7.14. The number of aromatic nitrogens is 1. The SMILES string of the molecule is Cc1ccc(OCc2ccc(C(=O)N3CCCC3)cc2C)c(-c2csc(N3CC4CC[C@H](C3)[C@@H]4C(=O)O)n2)c1. The van der Waals surface area contributed by atoms with Crippen molar-refractivity contribution in [3.8, 4) is 17.0 Å². The third kappa shape index (κ3) is 5.14. The summed E-state index contributed by atoms with van der Waals surface area (Å²) in [6.07, 6.45) is 4.14. The number of anilines is 1. The molecule has 0 spiro atoms. The van der Waals surface area contributed by atoms with Crippen LogP contribution in [0.1, 0.15) is 52.7 Å². The van der Waals surface area contributed by atoms with Gasteiger partial charge in [0.15, 0.2) is 5.13 Å². The molecule has 3 heterocycles. The van der Waals surface area contributed by atoms with E-state index in [9.17, 15) is 14.7 Å². The number of thiazole rings is 1. The molecule has 2 aliphatic heterocycles. The molecule has 1 aromatic heterocycles. The van der Waals surface area contributed by atoms with E-state index < -0.39 is 5.97 Å². The number of aliphatic carboxylic acids is 1. The molecule has 1 N–H and O–H groups in total. The number of rotatable bonds is 7. The van der Waals surface area contributed by atoms with E-state index in [1.165, 1.54) is 0 Å². The summed E-state index contributed by atoms with van der Waals surface area (Å²) in [5, 5.41) is 12.7. The highest BCUT2D eigenvalue weighted by Crippen LogP contribution is 2.44. The van der Waals surface area contributed by atoms with Crippen LogP contribution in [0.5, 0.6) is 5.75 Å². The van der Waals surface area contributed by atoms with Gasteiger partial charge < -0.3 is 19.6 Å². The Labute approximate surface area is 233 Å². The van der Waals surface area contributed by atoms with Crippen LogP contribution in [-0.2, 0) is 11.4 Å². The summed E-state index contributed by atoms with van der Waals surface area (Å²) < 4.78 is 6.34. The van der Waals surface area contributed by atoms with Crippen molar-refractivity contribution in [2.45, 2.75) is 46.1 Å². The summed E-state index contributed by atoms with van der Waals surface area (Å²) in [4.78, 5) is 33.7. The van der Waals surface area contributed by atoms with Crippen molar-refractivity contribution in [1.82, 2.24) is 9.88 Å². The van der Waals surface area contributed by atoms with Gasteiger partial charge in [-0.05, 0) is 86.8 Å². The fourth-order valence-corrected chi connectivity index (χ4v) is 7.38. The van der Waals surface area contributed by atoms with Crippen molar-refractivity contribution < 1.29 is 19.4 Å². The zero-order valence-electron chi connectivity index (χ0n) is 22.6. The van der Waals surface area contributed by atoms with E-state index in [4.69, 9.17) is 9.72 Å². The molecule has 1 amide bonds. The fraction of sp³-hybridized carbons (Fsp3) is 0.452. The molecule has 3 atom stereocenters. The Balaban J connectivity index is 1.17. The molecule has 1 aliphatic carbocycles. The van der Waals surface area contributed by atoms with Gasteiger partial charge in [-0.25, -0.2) is 4.98 Å². The molecule has 204 valence electrons. The molecule has 1 unspecified atom stereocenters. The monoisotopic (exact) mass is 545 g/mol. The quantitative estimate of drug-likeness (QED) is 0.405. The molecule has 3 fully saturated rings. The number of amides is 1. The largest absolute Gasteiger partial charge is 0.488 e. The molecule has 2 bridgehead atoms. The number of hydrogen-bond acceptors (Lipinski definition) is 6. The normalized spacial score (nSPS) is 22.4. The number of carboxylic acids is 1. The standard InChI is InChI=1S/C31H35N3O4S/c1-19-5-10-27(38-17-24-9-6-21(14-20(24)2)29(35)33-11-3-4-12-33)25(13-19)26-18-39-31(32-26)34-15-22-7-8-23(16-34)28(22)30(36)37/h5-6,9-10,13-14,18,22-23,28H,3-4,7-8,11-12,15-17H2,1-2H3,(H,36,37)/t22-,23?,28+/m1/s1. The minimum absolute atomic E-state index is 0.114. The first kappa shape index (κ1) is 25.9. The van der Waals surface area contributed by atoms with Gasteiger partial charge in [-0.1, -0.05) is 17.7 Å². The zero-order chi connectivity index (χ0) is 27.1. The topological polar surface area (TPSA) is 83.0 Å². The summed E-state index contributed by atoms with van der Waals surface area (Å²) in [5.41, 5.74) is 5.81. The number of likely N-dealkylation sites (tertiary alicyclic amines) is 1. The lowest BCUT2D eigenvalue weighted by molar-refractivity contribution is -0.144. The van der Waals surface area contributed by atoms with Crippen molar-refractivity contribution in [2.75, 3.05) is 31.1 Å². The number of piperidine rings is 1. The van der Waals surface area contributed by atoms with Crippen LogP contribution in [0.4, 0.5) is 5.13 Å². The number of carbonyl (C=O) groups excluding carboxylic acids is 1. The van der Waals surface area contributed by atoms with Gasteiger partial charge in [-0.15, -0.1) is 11.3 Å². The lowest BCUT2D eigenvalue weighted by atomic mass is 9.85. The first-order valence-corrected chi connectivity index (χ1v) is 14.8. The summed E-state index contributed by atoms with van der Waals surface area (Å²) in [7, 11) is 0. The lowest BCUT2D eigenvalue weighted by Crippen LogP contribution is -2.44. The molecule has 6 rings (SSSR count). The van der Waals surface area contributed by atoms with E-state index >= 15 is 0 Å². The maximum atomic E-state index is 12.8. The average Bonchev–Trinajstić information content (AvgIpc) is 3.68. The Kier molecular flexibility index (Phi) is 7.06. The molecule has 8 heteroatoms. The van der Waals surface area contributed by atoms with Crippen LogP contribution in [0.3, 0.4) is 0 Å². The number of aryl methyl sites for hydroxylation is 2. The third-order valence-corrected chi connectivity index (χ3v) is 9.56. The van der Waals surface area contributed by atoms with Gasteiger partial charge in [0.05, 0.1) is 11.6 Å². The van der Waals surface area contributed by atoms with Gasteiger partial charge in [0.1, 0.15) is 12.4 Å². The Hall–Kier alpha value is -3.39. The van der Waals surface area contributed by atoms with Crippen LogP contribution in [0.15, 0.2) is 41.8 Å². The Morgan fingerprint density at radius 3 is 2.49 bits per heavy atom. The number of hydrogen-bond donors (Lipinski definition) is 1. The van der Waals surface area contributed by atoms with Crippen LogP contribution < -0.4 is 9.64 Å². The zero-order valence-corrected chi connectivity index (χ0v) is 23.4. The van der Waals surface area contributed by atoms with E-state index in [1.807, 2.05) is 42.2 Å². The summed E-state index contributed by atoms with van der Waals surface area (Å²) >= 11 is 1.61. The van der Waals surface area contributed by atoms with Crippen molar-refractivity contribution >= 4 is 28.3 Å². The molecule has 1 saturated carbocycles. The van der Waals surface area contributed by atoms with Gasteiger partial charge in [0.25, 0.3) is 5.91 Å². The third-order valence-electron chi connectivity index (χ3n) is 8.66. The Bertz CT molecular complexity index is 1380. The fourth-order valence-electron chi connectivity index (χ4n) is 6.53. The number of nitrogens with zero attached hydrogens (tertiary/aromatic N) is 3. The van der Waals surface area contributed by atoms with Crippen molar-refractivity contribution in [3.63, 3.8) is 0 Å². The van der Waals surface area contributed by atoms with E-state index in [-0.39, 0.29) is 23.7 Å². The minimum atomic E-state index is -0.647. The van der Waals surface area contributed by atoms with E-state index in [0.29, 0.717) is 6.61 Å². The number of carboxylic acid groups (broad SMARTS) is 1. The van der Waals surface area contributed by atoms with Gasteiger partial charge in [0.2, 0.25) is 0 Å². The van der Waals surface area contributed by atoms with E-state index in [0.717, 1.165) is 96.3 Å². The summed E-state index contributed by atoms with van der Waals surface area (Å²) in [6, 6.07) is 12.0. The van der Waals surface area contributed by atoms with Crippen molar-refractivity contribution in [2.24, 2.45) is 17.8 Å². The number of benzene rings is 2. The van der Waals surface area contributed by atoms with Crippen LogP contribution in [0.2, 0.25) is 0 Å². The minimum Gasteiger partial charge on any atom is -0.488 e. The molecule has 3 aromatic rings. The average molecular weight is 546 g/mol. The highest BCUT2D eigenvalue weighted by atomic mass is 32.1.